The van der Waals surface area contributed by atoms with Crippen molar-refractivity contribution in [3.05, 3.63) is 164 Å². The molecule has 0 N–H and O–H groups in total. The predicted molar refractivity (Wildman–Crippen MR) is 183 cm³/mol. The molecule has 204 valence electrons. The fourth-order valence-electron chi connectivity index (χ4n) is 6.53. The fourth-order valence-corrected chi connectivity index (χ4v) is 6.53. The van der Waals surface area contributed by atoms with Crippen LogP contribution in [0.15, 0.2) is 164 Å². The second kappa shape index (κ2) is 10.3. The second-order valence-electron chi connectivity index (χ2n) is 11.1. The lowest BCUT2D eigenvalue weighted by atomic mass is 9.97. The SMILES string of the molecule is Cn1c2ccc3ccccc3c2c2cccc(-c3ccc(-c4ccc(N(c5ccccc5)c5ccccc5)cc4)cc3)c21. The summed E-state index contributed by atoms with van der Waals surface area (Å²) in [6.45, 7) is 0. The van der Waals surface area contributed by atoms with Crippen molar-refractivity contribution in [2.24, 2.45) is 7.05 Å². The second-order valence-corrected chi connectivity index (χ2v) is 11.1. The molecule has 0 radical (unpaired) electrons. The number of para-hydroxylation sites is 3. The minimum absolute atomic E-state index is 1.13. The van der Waals surface area contributed by atoms with Gasteiger partial charge in [-0.1, -0.05) is 121 Å². The number of hydrogen-bond donors (Lipinski definition) is 0. The van der Waals surface area contributed by atoms with Crippen molar-refractivity contribution < 1.29 is 0 Å². The number of hydrogen-bond acceptors (Lipinski definition) is 1. The first-order valence-corrected chi connectivity index (χ1v) is 14.8. The van der Waals surface area contributed by atoms with Crippen molar-refractivity contribution in [3.8, 4) is 22.3 Å². The van der Waals surface area contributed by atoms with Crippen LogP contribution in [0.1, 0.15) is 0 Å². The first-order valence-electron chi connectivity index (χ1n) is 14.8. The van der Waals surface area contributed by atoms with Crippen molar-refractivity contribution in [1.82, 2.24) is 4.57 Å². The van der Waals surface area contributed by atoms with Gasteiger partial charge in [0.05, 0.1) is 5.52 Å². The zero-order valence-corrected chi connectivity index (χ0v) is 24.0. The van der Waals surface area contributed by atoms with Crippen LogP contribution in [-0.2, 0) is 7.05 Å². The number of nitrogens with zero attached hydrogens (tertiary/aromatic N) is 2. The number of fused-ring (bicyclic) bond motifs is 5. The molecule has 0 aliphatic rings. The maximum atomic E-state index is 2.35. The Morgan fingerprint density at radius 2 is 0.953 bits per heavy atom. The van der Waals surface area contributed by atoms with Gasteiger partial charge in [0, 0.05) is 46.0 Å². The van der Waals surface area contributed by atoms with Gasteiger partial charge in [0.2, 0.25) is 0 Å². The van der Waals surface area contributed by atoms with Gasteiger partial charge in [-0.15, -0.1) is 0 Å². The highest BCUT2D eigenvalue weighted by molar-refractivity contribution is 6.22. The summed E-state index contributed by atoms with van der Waals surface area (Å²) in [6.07, 6.45) is 0. The van der Waals surface area contributed by atoms with Gasteiger partial charge in [0.15, 0.2) is 0 Å². The lowest BCUT2D eigenvalue weighted by molar-refractivity contribution is 1.02. The van der Waals surface area contributed by atoms with Crippen molar-refractivity contribution in [2.45, 2.75) is 0 Å². The Kier molecular flexibility index (Phi) is 6.05. The highest BCUT2D eigenvalue weighted by atomic mass is 15.1. The van der Waals surface area contributed by atoms with Crippen LogP contribution in [0.5, 0.6) is 0 Å². The van der Waals surface area contributed by atoms with Gasteiger partial charge in [-0.25, -0.2) is 0 Å². The van der Waals surface area contributed by atoms with Crippen molar-refractivity contribution >= 4 is 49.6 Å². The standard InChI is InChI=1S/C41H30N2/c1-42-39-28-25-31-11-8-9-16-36(31)40(39)38-18-10-17-37(41(38)42)32-21-19-29(20-22-32)30-23-26-35(27-24-30)43(33-12-4-2-5-13-33)34-14-6-3-7-15-34/h2-28H,1H3. The molecule has 2 nitrogen and oxygen atoms in total. The van der Waals surface area contributed by atoms with Crippen molar-refractivity contribution in [3.63, 3.8) is 0 Å². The highest BCUT2D eigenvalue weighted by Gasteiger charge is 2.16. The van der Waals surface area contributed by atoms with E-state index in [1.807, 2.05) is 0 Å². The summed E-state index contributed by atoms with van der Waals surface area (Å²) >= 11 is 0. The van der Waals surface area contributed by atoms with Crippen LogP contribution in [-0.4, -0.2) is 4.57 Å². The lowest BCUT2D eigenvalue weighted by Gasteiger charge is -2.25. The Labute approximate surface area is 251 Å². The largest absolute Gasteiger partial charge is 0.343 e. The maximum Gasteiger partial charge on any atom is 0.0568 e. The smallest absolute Gasteiger partial charge is 0.0568 e. The molecule has 8 rings (SSSR count). The molecule has 0 bridgehead atoms. The normalized spacial score (nSPS) is 11.4. The van der Waals surface area contributed by atoms with E-state index in [1.54, 1.807) is 0 Å². The minimum atomic E-state index is 1.13. The first kappa shape index (κ1) is 25.1. The Morgan fingerprint density at radius 1 is 0.419 bits per heavy atom. The van der Waals surface area contributed by atoms with E-state index in [0.717, 1.165) is 17.1 Å². The van der Waals surface area contributed by atoms with E-state index in [0.29, 0.717) is 0 Å². The zero-order chi connectivity index (χ0) is 28.8. The van der Waals surface area contributed by atoms with Crippen molar-refractivity contribution in [1.29, 1.82) is 0 Å². The Bertz CT molecular complexity index is 2170. The number of aromatic nitrogens is 1. The quantitative estimate of drug-likeness (QED) is 0.207. The van der Waals surface area contributed by atoms with Gasteiger partial charge >= 0.3 is 0 Å². The number of benzene rings is 7. The molecule has 1 heterocycles. The van der Waals surface area contributed by atoms with Gasteiger partial charge in [-0.05, 0) is 69.9 Å². The monoisotopic (exact) mass is 550 g/mol. The zero-order valence-electron chi connectivity index (χ0n) is 24.0. The summed E-state index contributed by atoms with van der Waals surface area (Å²) in [5, 5.41) is 5.21. The van der Waals surface area contributed by atoms with Crippen LogP contribution >= 0.6 is 0 Å². The number of anilines is 3. The van der Waals surface area contributed by atoms with Crippen LogP contribution in [0.2, 0.25) is 0 Å². The molecule has 1 aromatic heterocycles. The Balaban J connectivity index is 1.16. The topological polar surface area (TPSA) is 8.17 Å². The van der Waals surface area contributed by atoms with E-state index in [4.69, 9.17) is 0 Å². The molecule has 7 aromatic carbocycles. The lowest BCUT2D eigenvalue weighted by Crippen LogP contribution is -2.09. The molecule has 2 heteroatoms. The third kappa shape index (κ3) is 4.27. The summed E-state index contributed by atoms with van der Waals surface area (Å²) in [5.74, 6) is 0. The van der Waals surface area contributed by atoms with Crippen LogP contribution in [0.4, 0.5) is 17.1 Å². The maximum absolute atomic E-state index is 2.35. The molecular formula is C41H30N2. The average Bonchev–Trinajstić information content (AvgIpc) is 3.38. The molecule has 0 amide bonds. The first-order chi connectivity index (χ1) is 21.3. The van der Waals surface area contributed by atoms with E-state index >= 15 is 0 Å². The third-order valence-electron chi connectivity index (χ3n) is 8.59. The van der Waals surface area contributed by atoms with Gasteiger partial charge in [0.1, 0.15) is 0 Å². The highest BCUT2D eigenvalue weighted by Crippen LogP contribution is 2.39. The van der Waals surface area contributed by atoms with E-state index in [-0.39, 0.29) is 0 Å². The molecule has 0 saturated carbocycles. The molecule has 0 spiro atoms. The molecule has 8 aromatic rings. The molecule has 0 fully saturated rings. The molecule has 0 aliphatic heterocycles. The molecule has 0 unspecified atom stereocenters. The number of rotatable bonds is 5. The summed E-state index contributed by atoms with van der Waals surface area (Å²) in [7, 11) is 2.19. The molecule has 0 atom stereocenters. The fraction of sp³-hybridized carbons (Fsp3) is 0.0244. The average molecular weight is 551 g/mol. The van der Waals surface area contributed by atoms with E-state index < -0.39 is 0 Å². The molecule has 0 aliphatic carbocycles. The van der Waals surface area contributed by atoms with Gasteiger partial charge < -0.3 is 9.47 Å². The van der Waals surface area contributed by atoms with E-state index in [9.17, 15) is 0 Å². The van der Waals surface area contributed by atoms with Crippen molar-refractivity contribution in [2.75, 3.05) is 4.90 Å². The molecule has 43 heavy (non-hydrogen) atoms. The third-order valence-corrected chi connectivity index (χ3v) is 8.59. The Hall–Kier alpha value is -5.60. The van der Waals surface area contributed by atoms with Gasteiger partial charge in [-0.2, -0.15) is 0 Å². The summed E-state index contributed by atoms with van der Waals surface area (Å²) in [6, 6.07) is 58.8. The Morgan fingerprint density at radius 3 is 1.63 bits per heavy atom. The summed E-state index contributed by atoms with van der Waals surface area (Å²) in [4.78, 5) is 2.29. The van der Waals surface area contributed by atoms with Gasteiger partial charge in [0.25, 0.3) is 0 Å². The summed E-state index contributed by atoms with van der Waals surface area (Å²) < 4.78 is 2.35. The van der Waals surface area contributed by atoms with Crippen LogP contribution < -0.4 is 4.90 Å². The predicted octanol–water partition coefficient (Wildman–Crippen LogP) is 11.3. The summed E-state index contributed by atoms with van der Waals surface area (Å²) in [5.41, 5.74) is 10.8. The minimum Gasteiger partial charge on any atom is -0.343 e. The van der Waals surface area contributed by atoms with Crippen LogP contribution in [0, 0.1) is 0 Å². The molecular weight excluding hydrogens is 520 g/mol. The molecule has 0 saturated heterocycles. The van der Waals surface area contributed by atoms with Crippen LogP contribution in [0.3, 0.4) is 0 Å². The van der Waals surface area contributed by atoms with Crippen LogP contribution in [0.25, 0.3) is 54.8 Å². The van der Waals surface area contributed by atoms with E-state index in [1.165, 1.54) is 54.8 Å². The van der Waals surface area contributed by atoms with E-state index in [2.05, 4.69) is 180 Å². The number of aryl methyl sites for hydroxylation is 1. The van der Waals surface area contributed by atoms with Gasteiger partial charge in [-0.3, -0.25) is 0 Å².